The molecule has 118 valence electrons. The van der Waals surface area contributed by atoms with Crippen LogP contribution in [0.4, 0.5) is 0 Å². The standard InChI is InChI=1S/C17H29N3O/c1-12-7-6-8-15(9-12)21-16-18-10-14(13(2)20-16)11-19-17(3,4)5/h10,12,15,19H,6-9,11H2,1-5H3. The lowest BCUT2D eigenvalue weighted by atomic mass is 9.89. The van der Waals surface area contributed by atoms with Crippen LogP contribution in [-0.4, -0.2) is 21.6 Å². The molecule has 2 rings (SSSR count). The lowest BCUT2D eigenvalue weighted by Gasteiger charge is -2.26. The zero-order valence-corrected chi connectivity index (χ0v) is 14.1. The molecule has 0 aliphatic heterocycles. The molecular weight excluding hydrogens is 262 g/mol. The molecule has 1 N–H and O–H groups in total. The van der Waals surface area contributed by atoms with Gasteiger partial charge in [-0.25, -0.2) is 9.97 Å². The minimum Gasteiger partial charge on any atom is -0.460 e. The van der Waals surface area contributed by atoms with Gasteiger partial charge in [0, 0.05) is 29.5 Å². The van der Waals surface area contributed by atoms with Gasteiger partial charge in [0.1, 0.15) is 6.10 Å². The summed E-state index contributed by atoms with van der Waals surface area (Å²) in [6, 6.07) is 0.533. The van der Waals surface area contributed by atoms with Crippen molar-refractivity contribution in [1.29, 1.82) is 0 Å². The van der Waals surface area contributed by atoms with E-state index in [1.807, 2.05) is 13.1 Å². The van der Waals surface area contributed by atoms with Crippen LogP contribution < -0.4 is 10.1 Å². The van der Waals surface area contributed by atoms with Gasteiger partial charge in [-0.3, -0.25) is 0 Å². The van der Waals surface area contributed by atoms with Crippen LogP contribution in [0.2, 0.25) is 0 Å². The number of aromatic nitrogens is 2. The van der Waals surface area contributed by atoms with Crippen molar-refractivity contribution in [3.05, 3.63) is 17.5 Å². The van der Waals surface area contributed by atoms with Crippen LogP contribution in [-0.2, 0) is 6.54 Å². The first-order valence-corrected chi connectivity index (χ1v) is 8.07. The smallest absolute Gasteiger partial charge is 0.316 e. The molecule has 1 aromatic rings. The quantitative estimate of drug-likeness (QED) is 0.920. The van der Waals surface area contributed by atoms with Gasteiger partial charge in [-0.15, -0.1) is 0 Å². The van der Waals surface area contributed by atoms with E-state index < -0.39 is 0 Å². The summed E-state index contributed by atoms with van der Waals surface area (Å²) >= 11 is 0. The molecule has 0 amide bonds. The summed E-state index contributed by atoms with van der Waals surface area (Å²) in [5.41, 5.74) is 2.23. The van der Waals surface area contributed by atoms with Gasteiger partial charge in [0.25, 0.3) is 0 Å². The average Bonchev–Trinajstić information content (AvgIpc) is 2.36. The summed E-state index contributed by atoms with van der Waals surface area (Å²) in [6.07, 6.45) is 6.99. The molecular formula is C17H29N3O. The lowest BCUT2D eigenvalue weighted by Crippen LogP contribution is -2.35. The summed E-state index contributed by atoms with van der Waals surface area (Å²) in [5, 5.41) is 3.46. The predicted molar refractivity (Wildman–Crippen MR) is 85.4 cm³/mol. The molecule has 0 spiro atoms. The number of nitrogens with one attached hydrogen (secondary N) is 1. The first-order valence-electron chi connectivity index (χ1n) is 8.07. The van der Waals surface area contributed by atoms with Crippen LogP contribution in [0.1, 0.15) is 64.6 Å². The van der Waals surface area contributed by atoms with E-state index in [2.05, 4.69) is 43.0 Å². The van der Waals surface area contributed by atoms with E-state index in [4.69, 9.17) is 4.74 Å². The zero-order chi connectivity index (χ0) is 15.5. The Morgan fingerprint density at radius 2 is 2.10 bits per heavy atom. The van der Waals surface area contributed by atoms with Gasteiger partial charge in [0.15, 0.2) is 0 Å². The topological polar surface area (TPSA) is 47.0 Å². The van der Waals surface area contributed by atoms with E-state index >= 15 is 0 Å². The van der Waals surface area contributed by atoms with Crippen LogP contribution in [0.5, 0.6) is 6.01 Å². The van der Waals surface area contributed by atoms with E-state index in [9.17, 15) is 0 Å². The van der Waals surface area contributed by atoms with Gasteiger partial charge in [-0.2, -0.15) is 0 Å². The Bertz CT molecular complexity index is 468. The van der Waals surface area contributed by atoms with Crippen molar-refractivity contribution in [1.82, 2.24) is 15.3 Å². The fourth-order valence-electron chi connectivity index (χ4n) is 2.70. The maximum Gasteiger partial charge on any atom is 0.316 e. The van der Waals surface area contributed by atoms with Crippen LogP contribution >= 0.6 is 0 Å². The van der Waals surface area contributed by atoms with Gasteiger partial charge in [-0.1, -0.05) is 13.3 Å². The van der Waals surface area contributed by atoms with Crippen LogP contribution in [0.3, 0.4) is 0 Å². The van der Waals surface area contributed by atoms with Crippen LogP contribution in [0, 0.1) is 12.8 Å². The Kier molecular flexibility index (Phi) is 5.20. The zero-order valence-electron chi connectivity index (χ0n) is 14.1. The molecule has 1 aliphatic rings. The first kappa shape index (κ1) is 16.2. The SMILES string of the molecule is Cc1nc(OC2CCCC(C)C2)ncc1CNC(C)(C)C. The number of rotatable bonds is 4. The molecule has 1 fully saturated rings. The molecule has 1 aromatic heterocycles. The van der Waals surface area contributed by atoms with Crippen LogP contribution in [0.15, 0.2) is 6.20 Å². The maximum atomic E-state index is 5.96. The lowest BCUT2D eigenvalue weighted by molar-refractivity contribution is 0.118. The molecule has 0 aromatic carbocycles. The summed E-state index contributed by atoms with van der Waals surface area (Å²) in [4.78, 5) is 8.91. The number of ether oxygens (including phenoxy) is 1. The summed E-state index contributed by atoms with van der Waals surface area (Å²) in [6.45, 7) is 11.6. The summed E-state index contributed by atoms with van der Waals surface area (Å²) in [7, 11) is 0. The highest BCUT2D eigenvalue weighted by Gasteiger charge is 2.21. The molecule has 1 heterocycles. The van der Waals surface area contributed by atoms with Crippen molar-refractivity contribution >= 4 is 0 Å². The van der Waals surface area contributed by atoms with E-state index in [1.165, 1.54) is 12.8 Å². The van der Waals surface area contributed by atoms with Gasteiger partial charge in [-0.05, 0) is 52.9 Å². The molecule has 0 bridgehead atoms. The van der Waals surface area contributed by atoms with E-state index in [0.29, 0.717) is 6.01 Å². The fourth-order valence-corrected chi connectivity index (χ4v) is 2.70. The molecule has 21 heavy (non-hydrogen) atoms. The molecule has 4 nitrogen and oxygen atoms in total. The molecule has 2 atom stereocenters. The number of hydrogen-bond donors (Lipinski definition) is 1. The number of hydrogen-bond acceptors (Lipinski definition) is 4. The number of nitrogens with zero attached hydrogens (tertiary/aromatic N) is 2. The third kappa shape index (κ3) is 5.27. The van der Waals surface area contributed by atoms with Crippen molar-refractivity contribution in [3.63, 3.8) is 0 Å². The third-order valence-electron chi connectivity index (χ3n) is 4.03. The molecule has 1 aliphatic carbocycles. The Labute approximate surface area is 128 Å². The Morgan fingerprint density at radius 3 is 2.71 bits per heavy atom. The average molecular weight is 291 g/mol. The van der Waals surface area contributed by atoms with Gasteiger partial charge in [0.05, 0.1) is 0 Å². The summed E-state index contributed by atoms with van der Waals surface area (Å²) < 4.78 is 5.96. The largest absolute Gasteiger partial charge is 0.460 e. The van der Waals surface area contributed by atoms with E-state index in [1.54, 1.807) is 0 Å². The number of aryl methyl sites for hydroxylation is 1. The Balaban J connectivity index is 1.95. The van der Waals surface area contributed by atoms with E-state index in [0.717, 1.165) is 36.6 Å². The molecule has 2 unspecified atom stereocenters. The minimum absolute atomic E-state index is 0.0971. The Hall–Kier alpha value is -1.16. The van der Waals surface area contributed by atoms with Crippen molar-refractivity contribution in [2.45, 2.75) is 78.5 Å². The highest BCUT2D eigenvalue weighted by Crippen LogP contribution is 2.26. The molecule has 0 radical (unpaired) electrons. The second-order valence-electron chi connectivity index (χ2n) is 7.38. The molecule has 4 heteroatoms. The monoisotopic (exact) mass is 291 g/mol. The second-order valence-corrected chi connectivity index (χ2v) is 7.38. The molecule has 1 saturated carbocycles. The fraction of sp³-hybridized carbons (Fsp3) is 0.765. The minimum atomic E-state index is 0.0971. The van der Waals surface area contributed by atoms with E-state index in [-0.39, 0.29) is 11.6 Å². The highest BCUT2D eigenvalue weighted by atomic mass is 16.5. The van der Waals surface area contributed by atoms with Gasteiger partial charge < -0.3 is 10.1 Å². The third-order valence-corrected chi connectivity index (χ3v) is 4.03. The normalized spacial score (nSPS) is 23.1. The van der Waals surface area contributed by atoms with Crippen molar-refractivity contribution in [2.75, 3.05) is 0 Å². The summed E-state index contributed by atoms with van der Waals surface area (Å²) in [5.74, 6) is 0.750. The van der Waals surface area contributed by atoms with Crippen molar-refractivity contribution in [3.8, 4) is 6.01 Å². The van der Waals surface area contributed by atoms with Crippen LogP contribution in [0.25, 0.3) is 0 Å². The second kappa shape index (κ2) is 6.73. The maximum absolute atomic E-state index is 5.96. The predicted octanol–water partition coefficient (Wildman–Crippen LogP) is 3.63. The van der Waals surface area contributed by atoms with Gasteiger partial charge >= 0.3 is 6.01 Å². The Morgan fingerprint density at radius 1 is 1.33 bits per heavy atom. The van der Waals surface area contributed by atoms with Crippen molar-refractivity contribution in [2.24, 2.45) is 5.92 Å². The molecule has 0 saturated heterocycles. The highest BCUT2D eigenvalue weighted by molar-refractivity contribution is 5.18. The van der Waals surface area contributed by atoms with Crippen molar-refractivity contribution < 1.29 is 4.74 Å². The first-order chi connectivity index (χ1) is 9.83. The van der Waals surface area contributed by atoms with Gasteiger partial charge in [0.2, 0.25) is 0 Å².